The number of phenolic OH excluding ortho intramolecular Hbond substituents is 1. The van der Waals surface area contributed by atoms with E-state index in [2.05, 4.69) is 23.6 Å². The van der Waals surface area contributed by atoms with Gasteiger partial charge >= 0.3 is 0 Å². The minimum Gasteiger partial charge on any atom is -0.508 e. The first-order valence-corrected chi connectivity index (χ1v) is 9.44. The summed E-state index contributed by atoms with van der Waals surface area (Å²) in [7, 11) is 0. The number of para-hydroxylation sites is 1. The van der Waals surface area contributed by atoms with Crippen LogP contribution in [0.15, 0.2) is 60.8 Å². The highest BCUT2D eigenvalue weighted by molar-refractivity contribution is 5.79. The summed E-state index contributed by atoms with van der Waals surface area (Å²) in [5.41, 5.74) is 3.86. The molecule has 4 rings (SSSR count). The van der Waals surface area contributed by atoms with Crippen molar-refractivity contribution in [2.75, 3.05) is 13.2 Å². The predicted molar refractivity (Wildman–Crippen MR) is 105 cm³/mol. The second-order valence-electron chi connectivity index (χ2n) is 6.94. The van der Waals surface area contributed by atoms with Crippen LogP contribution >= 0.6 is 0 Å². The van der Waals surface area contributed by atoms with Gasteiger partial charge in [-0.05, 0) is 23.6 Å². The van der Waals surface area contributed by atoms with Gasteiger partial charge in [-0.3, -0.25) is 9.48 Å². The molecule has 2 N–H and O–H groups in total. The Morgan fingerprint density at radius 3 is 2.79 bits per heavy atom. The minimum atomic E-state index is -0.255. The van der Waals surface area contributed by atoms with Gasteiger partial charge in [-0.2, -0.15) is 5.10 Å². The normalized spacial score (nSPS) is 15.8. The fraction of sp³-hybridized carbons (Fsp3) is 0.273. The Balaban J connectivity index is 1.39. The SMILES string of the molecule is O=C(Cc1ccccc1O)NC[C@@H]1OCCc2cn(Cc3ccccc3)nc21. The number of amides is 1. The Morgan fingerprint density at radius 1 is 1.18 bits per heavy atom. The number of rotatable bonds is 6. The lowest BCUT2D eigenvalue weighted by atomic mass is 10.1. The van der Waals surface area contributed by atoms with Crippen molar-refractivity contribution >= 4 is 5.91 Å². The number of carbonyl (C=O) groups excluding carboxylic acids is 1. The Labute approximate surface area is 163 Å². The van der Waals surface area contributed by atoms with Crippen LogP contribution in [0, 0.1) is 0 Å². The summed E-state index contributed by atoms with van der Waals surface area (Å²) in [6, 6.07) is 17.1. The number of benzene rings is 2. The maximum absolute atomic E-state index is 12.3. The molecular weight excluding hydrogens is 354 g/mol. The molecule has 3 aromatic rings. The smallest absolute Gasteiger partial charge is 0.224 e. The number of hydrogen-bond acceptors (Lipinski definition) is 4. The Kier molecular flexibility index (Phi) is 5.39. The van der Waals surface area contributed by atoms with Gasteiger partial charge in [0.15, 0.2) is 0 Å². The third-order valence-electron chi connectivity index (χ3n) is 4.88. The highest BCUT2D eigenvalue weighted by Crippen LogP contribution is 2.25. The van der Waals surface area contributed by atoms with Crippen molar-refractivity contribution in [3.63, 3.8) is 0 Å². The molecule has 0 saturated heterocycles. The quantitative estimate of drug-likeness (QED) is 0.692. The second-order valence-corrected chi connectivity index (χ2v) is 6.94. The molecule has 1 atom stereocenters. The molecule has 1 amide bonds. The number of nitrogens with one attached hydrogen (secondary N) is 1. The number of phenols is 1. The zero-order valence-electron chi connectivity index (χ0n) is 15.5. The fourth-order valence-corrected chi connectivity index (χ4v) is 3.44. The van der Waals surface area contributed by atoms with Crippen LogP contribution in [-0.2, 0) is 28.9 Å². The third kappa shape index (κ3) is 4.23. The largest absolute Gasteiger partial charge is 0.508 e. The van der Waals surface area contributed by atoms with E-state index in [-0.39, 0.29) is 24.2 Å². The predicted octanol–water partition coefficient (Wildman–Crippen LogP) is 2.61. The number of ether oxygens (including phenoxy) is 1. The Hall–Kier alpha value is -3.12. The summed E-state index contributed by atoms with van der Waals surface area (Å²) in [5.74, 6) is -0.0190. The molecule has 2 aromatic carbocycles. The van der Waals surface area contributed by atoms with Crippen LogP contribution in [0.2, 0.25) is 0 Å². The molecule has 0 aliphatic carbocycles. The van der Waals surface area contributed by atoms with Gasteiger partial charge in [0, 0.05) is 18.3 Å². The zero-order chi connectivity index (χ0) is 19.3. The lowest BCUT2D eigenvalue weighted by Gasteiger charge is -2.22. The standard InChI is InChI=1S/C22H23N3O3/c26-19-9-5-4-8-17(19)12-21(27)23-13-20-22-18(10-11-28-20)15-25(24-22)14-16-6-2-1-3-7-16/h1-9,15,20,26H,10-14H2,(H,23,27)/t20-/m0/s1. The summed E-state index contributed by atoms with van der Waals surface area (Å²) >= 11 is 0. The lowest BCUT2D eigenvalue weighted by Crippen LogP contribution is -2.32. The molecule has 1 aliphatic rings. The highest BCUT2D eigenvalue weighted by atomic mass is 16.5. The van der Waals surface area contributed by atoms with Crippen LogP contribution in [0.25, 0.3) is 0 Å². The van der Waals surface area contributed by atoms with Gasteiger partial charge in [0.2, 0.25) is 5.91 Å². The molecule has 6 heteroatoms. The van der Waals surface area contributed by atoms with Crippen molar-refractivity contribution in [3.8, 4) is 5.75 Å². The Bertz CT molecular complexity index is 953. The van der Waals surface area contributed by atoms with Crippen molar-refractivity contribution in [3.05, 3.63) is 83.2 Å². The van der Waals surface area contributed by atoms with Crippen molar-refractivity contribution in [2.24, 2.45) is 0 Å². The van der Waals surface area contributed by atoms with Crippen molar-refractivity contribution < 1.29 is 14.6 Å². The summed E-state index contributed by atoms with van der Waals surface area (Å²) in [6.07, 6.45) is 2.78. The van der Waals surface area contributed by atoms with Gasteiger partial charge in [-0.15, -0.1) is 0 Å². The van der Waals surface area contributed by atoms with Gasteiger partial charge in [0.1, 0.15) is 11.9 Å². The van der Waals surface area contributed by atoms with Crippen molar-refractivity contribution in [1.82, 2.24) is 15.1 Å². The topological polar surface area (TPSA) is 76.4 Å². The molecular formula is C22H23N3O3. The highest BCUT2D eigenvalue weighted by Gasteiger charge is 2.25. The Morgan fingerprint density at radius 2 is 1.96 bits per heavy atom. The molecule has 0 fully saturated rings. The van der Waals surface area contributed by atoms with Crippen LogP contribution in [0.3, 0.4) is 0 Å². The molecule has 6 nitrogen and oxygen atoms in total. The van der Waals surface area contributed by atoms with E-state index >= 15 is 0 Å². The van der Waals surface area contributed by atoms with E-state index in [4.69, 9.17) is 9.84 Å². The number of fused-ring (bicyclic) bond motifs is 1. The summed E-state index contributed by atoms with van der Waals surface area (Å²) in [4.78, 5) is 12.3. The number of carbonyl (C=O) groups is 1. The second kappa shape index (κ2) is 8.27. The summed E-state index contributed by atoms with van der Waals surface area (Å²) in [5, 5.41) is 17.4. The van der Waals surface area contributed by atoms with E-state index in [1.807, 2.05) is 22.9 Å². The average molecular weight is 377 g/mol. The van der Waals surface area contributed by atoms with E-state index in [1.165, 1.54) is 11.1 Å². The van der Waals surface area contributed by atoms with E-state index in [0.29, 0.717) is 25.3 Å². The monoisotopic (exact) mass is 377 g/mol. The molecule has 144 valence electrons. The van der Waals surface area contributed by atoms with E-state index in [1.54, 1.807) is 24.3 Å². The van der Waals surface area contributed by atoms with E-state index < -0.39 is 0 Å². The number of hydrogen-bond donors (Lipinski definition) is 2. The fourth-order valence-electron chi connectivity index (χ4n) is 3.44. The van der Waals surface area contributed by atoms with Crippen LogP contribution < -0.4 is 5.32 Å². The van der Waals surface area contributed by atoms with Gasteiger partial charge < -0.3 is 15.2 Å². The van der Waals surface area contributed by atoms with Gasteiger partial charge in [0.05, 0.1) is 25.3 Å². The minimum absolute atomic E-state index is 0.133. The van der Waals surface area contributed by atoms with Crippen molar-refractivity contribution in [2.45, 2.75) is 25.5 Å². The van der Waals surface area contributed by atoms with Gasteiger partial charge in [-0.25, -0.2) is 0 Å². The van der Waals surface area contributed by atoms with Gasteiger partial charge in [0.25, 0.3) is 0 Å². The summed E-state index contributed by atoms with van der Waals surface area (Å²) in [6.45, 7) is 1.69. The molecule has 0 spiro atoms. The van der Waals surface area contributed by atoms with E-state index in [9.17, 15) is 9.90 Å². The molecule has 28 heavy (non-hydrogen) atoms. The number of aromatic hydroxyl groups is 1. The first-order valence-electron chi connectivity index (χ1n) is 9.44. The van der Waals surface area contributed by atoms with Crippen LogP contribution in [0.4, 0.5) is 0 Å². The number of nitrogens with zero attached hydrogens (tertiary/aromatic N) is 2. The molecule has 1 aliphatic heterocycles. The van der Waals surface area contributed by atoms with Crippen molar-refractivity contribution in [1.29, 1.82) is 0 Å². The summed E-state index contributed by atoms with van der Waals surface area (Å²) < 4.78 is 7.79. The average Bonchev–Trinajstić information content (AvgIpc) is 3.12. The maximum atomic E-state index is 12.3. The first kappa shape index (κ1) is 18.3. The lowest BCUT2D eigenvalue weighted by molar-refractivity contribution is -0.121. The molecule has 1 aromatic heterocycles. The first-order chi connectivity index (χ1) is 13.7. The number of aromatic nitrogens is 2. The third-order valence-corrected chi connectivity index (χ3v) is 4.88. The van der Waals surface area contributed by atoms with Crippen LogP contribution in [0.1, 0.15) is 28.5 Å². The molecule has 0 bridgehead atoms. The molecule has 0 saturated carbocycles. The van der Waals surface area contributed by atoms with Crippen LogP contribution in [0.5, 0.6) is 5.75 Å². The van der Waals surface area contributed by atoms with Gasteiger partial charge in [-0.1, -0.05) is 48.5 Å². The van der Waals surface area contributed by atoms with E-state index in [0.717, 1.165) is 12.1 Å². The van der Waals surface area contributed by atoms with Crippen LogP contribution in [-0.4, -0.2) is 33.9 Å². The molecule has 2 heterocycles. The molecule has 0 unspecified atom stereocenters. The zero-order valence-corrected chi connectivity index (χ0v) is 15.5. The maximum Gasteiger partial charge on any atom is 0.224 e. The molecule has 0 radical (unpaired) electrons.